The number of methoxy groups -OCH3 is 2. The quantitative estimate of drug-likeness (QED) is 0.0826. The Hall–Kier alpha value is -10.9. The molecule has 2 atom stereocenters. The molecule has 86 heavy (non-hydrogen) atoms. The van der Waals surface area contributed by atoms with E-state index < -0.39 is 63.7 Å². The highest BCUT2D eigenvalue weighted by Gasteiger charge is 2.50. The van der Waals surface area contributed by atoms with E-state index in [-0.39, 0.29) is 95.7 Å². The van der Waals surface area contributed by atoms with Crippen molar-refractivity contribution in [1.82, 2.24) is 35.4 Å². The van der Waals surface area contributed by atoms with Crippen molar-refractivity contribution < 1.29 is 66.4 Å². The number of Topliss-reactive ketones (excluding diaryl/α,β-unsaturated/α-hetero) is 1. The van der Waals surface area contributed by atoms with Crippen molar-refractivity contribution in [2.24, 2.45) is 10.8 Å². The van der Waals surface area contributed by atoms with Crippen LogP contribution in [0.15, 0.2) is 116 Å². The van der Waals surface area contributed by atoms with Gasteiger partial charge >= 0.3 is 0 Å². The number of ether oxygens (including phenoxy) is 2. The molecule has 3 aromatic heterocycles. The van der Waals surface area contributed by atoms with Gasteiger partial charge in [-0.3, -0.25) is 49.2 Å². The first-order valence-corrected chi connectivity index (χ1v) is 26.9. The second-order valence-corrected chi connectivity index (χ2v) is 21.0. The van der Waals surface area contributed by atoms with Gasteiger partial charge in [0.05, 0.1) is 43.9 Å². The van der Waals surface area contributed by atoms with Crippen LogP contribution in [0.4, 0.5) is 19.0 Å². The van der Waals surface area contributed by atoms with Crippen LogP contribution in [-0.4, -0.2) is 117 Å². The number of hydrogen-bond donors (Lipinski definition) is 4. The van der Waals surface area contributed by atoms with E-state index in [4.69, 9.17) is 9.47 Å². The van der Waals surface area contributed by atoms with Crippen LogP contribution in [0.3, 0.4) is 0 Å². The highest BCUT2D eigenvalue weighted by atomic mass is 19.1. The number of aromatic hydroxyl groups is 2. The summed E-state index contributed by atoms with van der Waals surface area (Å²) in [5.41, 5.74) is 0.396. The zero-order valence-electron chi connectivity index (χ0n) is 45.9. The minimum absolute atomic E-state index is 0.00101. The number of benzene rings is 4. The molecular formula is C64H49F3N8O11. The lowest BCUT2D eigenvalue weighted by Crippen LogP contribution is -2.42. The second kappa shape index (κ2) is 23.1. The predicted octanol–water partition coefficient (Wildman–Crippen LogP) is 6.66. The maximum atomic E-state index is 15.4. The molecule has 0 unspecified atom stereocenters. The van der Waals surface area contributed by atoms with Crippen molar-refractivity contribution in [1.29, 1.82) is 0 Å². The molecule has 12 rings (SSSR count). The van der Waals surface area contributed by atoms with Crippen molar-refractivity contribution in [2.75, 3.05) is 45.3 Å². The van der Waals surface area contributed by atoms with Crippen molar-refractivity contribution in [3.05, 3.63) is 166 Å². The van der Waals surface area contributed by atoms with Gasteiger partial charge in [0.25, 0.3) is 11.8 Å². The topological polar surface area (TPSA) is 251 Å². The van der Waals surface area contributed by atoms with Gasteiger partial charge in [0.1, 0.15) is 51.1 Å². The maximum Gasteiger partial charge on any atom is 0.257 e. The van der Waals surface area contributed by atoms with E-state index in [1.54, 1.807) is 79.1 Å². The van der Waals surface area contributed by atoms with Crippen molar-refractivity contribution >= 4 is 47.0 Å². The first-order valence-electron chi connectivity index (χ1n) is 26.9. The third-order valence-electron chi connectivity index (χ3n) is 15.4. The number of carbonyl (C=O) groups excluding carboxylic acids is 7. The van der Waals surface area contributed by atoms with Gasteiger partial charge in [0.15, 0.2) is 23.1 Å². The fourth-order valence-electron chi connectivity index (χ4n) is 10.9. The van der Waals surface area contributed by atoms with Crippen molar-refractivity contribution in [2.45, 2.75) is 38.8 Å². The standard InChI is InChI=1S/C32H22F2N4O5.C32H27FN4O6/c1-43-25-9-5-20-16-38(30(41)27(20)28(25)34)17-32(14-26(40)37-31(32)42)11-10-18-4-6-21(22(33)13-18)29-24(39)8-7-23(36-29)19-3-2-12-35-15-19;1-43-24-8-6-21-17-37(30(41)27(21)28(24)33)18-32(16-26(40)35-31(32)42)13-10-19-2-4-20(5-3-19)29-23(39)7-9-25(34-29)36-14-11-22(38)12-15-36/h2-9,12-13,15,39H,14,16-17H2,1H3,(H,37,40,42);2-9,39H,11-12,14-18H2,1H3,(H,35,40,42)/t2*32-/m11/s1. The maximum absolute atomic E-state index is 15.4. The third kappa shape index (κ3) is 11.0. The summed E-state index contributed by atoms with van der Waals surface area (Å²) < 4.78 is 55.0. The molecule has 0 aliphatic carbocycles. The van der Waals surface area contributed by atoms with Crippen LogP contribution in [0.1, 0.15) is 68.7 Å². The second-order valence-electron chi connectivity index (χ2n) is 21.0. The summed E-state index contributed by atoms with van der Waals surface area (Å²) in [6, 6.07) is 26.7. The molecule has 7 aromatic rings. The van der Waals surface area contributed by atoms with E-state index in [9.17, 15) is 52.6 Å². The van der Waals surface area contributed by atoms with Gasteiger partial charge in [-0.2, -0.15) is 0 Å². The lowest BCUT2D eigenvalue weighted by atomic mass is 9.85. The summed E-state index contributed by atoms with van der Waals surface area (Å²) >= 11 is 0. The van der Waals surface area contributed by atoms with Crippen LogP contribution in [0.5, 0.6) is 23.0 Å². The molecule has 4 N–H and O–H groups in total. The van der Waals surface area contributed by atoms with E-state index in [0.29, 0.717) is 71.0 Å². The molecule has 432 valence electrons. The fraction of sp³-hybridized carbons (Fsp3) is 0.219. The molecule has 0 bridgehead atoms. The van der Waals surface area contributed by atoms with Crippen molar-refractivity contribution in [3.8, 4) is 80.5 Å². The van der Waals surface area contributed by atoms with Crippen LogP contribution < -0.4 is 25.0 Å². The molecule has 5 aliphatic rings. The summed E-state index contributed by atoms with van der Waals surface area (Å²) in [6.45, 7) is 0.737. The number of piperidine rings is 1. The highest BCUT2D eigenvalue weighted by molar-refractivity contribution is 6.09. The van der Waals surface area contributed by atoms with Gasteiger partial charge in [-0.25, -0.2) is 23.1 Å². The smallest absolute Gasteiger partial charge is 0.257 e. The Morgan fingerprint density at radius 2 is 1.16 bits per heavy atom. The number of rotatable bonds is 10. The number of nitrogens with one attached hydrogen (secondary N) is 2. The molecule has 4 aromatic carbocycles. The number of nitrogens with zero attached hydrogens (tertiary/aromatic N) is 6. The third-order valence-corrected chi connectivity index (χ3v) is 15.4. The predicted molar refractivity (Wildman–Crippen MR) is 302 cm³/mol. The van der Waals surface area contributed by atoms with Crippen LogP contribution in [0, 0.1) is 52.0 Å². The SMILES string of the molecule is COc1ccc2c(c1F)C(=O)N(C[C@@]1(C#Cc3ccc(-c4nc(-c5cccnc5)ccc4O)c(F)c3)CC(=O)NC1=O)C2.COc1ccc2c(c1F)C(=O)N(C[C@@]1(C#Cc3ccc(-c4nc(N5CCC(=O)CC5)ccc4O)cc3)CC(=O)NC1=O)C2. The minimum atomic E-state index is -1.64. The summed E-state index contributed by atoms with van der Waals surface area (Å²) in [6.07, 6.45) is 3.56. The average molecular weight is 1160 g/mol. The van der Waals surface area contributed by atoms with E-state index in [2.05, 4.69) is 49.3 Å². The Balaban J connectivity index is 0.000000179. The van der Waals surface area contributed by atoms with E-state index in [0.717, 1.165) is 6.07 Å². The molecule has 0 spiro atoms. The molecule has 5 aliphatic heterocycles. The number of halogens is 3. The zero-order chi connectivity index (χ0) is 60.6. The molecule has 0 saturated carbocycles. The number of carbonyl (C=O) groups is 7. The van der Waals surface area contributed by atoms with Crippen LogP contribution in [-0.2, 0) is 37.1 Å². The van der Waals surface area contributed by atoms with E-state index >= 15 is 4.39 Å². The number of imide groups is 2. The van der Waals surface area contributed by atoms with Crippen LogP contribution in [0.2, 0.25) is 0 Å². The first kappa shape index (κ1) is 57.0. The van der Waals surface area contributed by atoms with Gasteiger partial charge in [-0.15, -0.1) is 0 Å². The lowest BCUT2D eigenvalue weighted by Gasteiger charge is -2.27. The number of anilines is 1. The summed E-state index contributed by atoms with van der Waals surface area (Å²) in [5.74, 6) is 6.01. The number of amides is 6. The van der Waals surface area contributed by atoms with Crippen LogP contribution in [0.25, 0.3) is 33.8 Å². The molecule has 19 nitrogen and oxygen atoms in total. The molecular weight excluding hydrogens is 1110 g/mol. The summed E-state index contributed by atoms with van der Waals surface area (Å²) in [4.78, 5) is 106. The number of hydrogen-bond acceptors (Lipinski definition) is 15. The Morgan fingerprint density at radius 3 is 1.69 bits per heavy atom. The van der Waals surface area contributed by atoms with Crippen molar-refractivity contribution in [3.63, 3.8) is 0 Å². The molecule has 3 saturated heterocycles. The Labute approximate surface area is 488 Å². The minimum Gasteiger partial charge on any atom is -0.506 e. The average Bonchev–Trinajstić information content (AvgIpc) is 4.23. The Bertz CT molecular complexity index is 4150. The van der Waals surface area contributed by atoms with Gasteiger partial charge in [0.2, 0.25) is 23.6 Å². The lowest BCUT2D eigenvalue weighted by molar-refractivity contribution is -0.128. The molecule has 3 fully saturated rings. The summed E-state index contributed by atoms with van der Waals surface area (Å²) in [7, 11) is 2.60. The molecule has 8 heterocycles. The Morgan fingerprint density at radius 1 is 0.616 bits per heavy atom. The zero-order valence-corrected chi connectivity index (χ0v) is 45.9. The van der Waals surface area contributed by atoms with Crippen LogP contribution >= 0.6 is 0 Å². The highest BCUT2D eigenvalue weighted by Crippen LogP contribution is 2.39. The summed E-state index contributed by atoms with van der Waals surface area (Å²) in [5, 5.41) is 25.4. The van der Waals surface area contributed by atoms with Gasteiger partial charge in [0, 0.05) is 92.3 Å². The monoisotopic (exact) mass is 1160 g/mol. The Kier molecular flexibility index (Phi) is 15.3. The van der Waals surface area contributed by atoms with E-state index in [1.165, 1.54) is 54.4 Å². The number of pyridine rings is 3. The largest absolute Gasteiger partial charge is 0.506 e. The number of ketones is 1. The number of fused-ring (bicyclic) bond motifs is 2. The van der Waals surface area contributed by atoms with Gasteiger partial charge < -0.3 is 34.4 Å². The first-order chi connectivity index (χ1) is 41.4. The number of aromatic nitrogens is 3. The fourth-order valence-corrected chi connectivity index (χ4v) is 10.9. The van der Waals surface area contributed by atoms with Gasteiger partial charge in [-0.1, -0.05) is 47.9 Å². The van der Waals surface area contributed by atoms with E-state index in [1.807, 2.05) is 4.90 Å². The normalized spacial score (nSPS) is 18.5. The molecule has 0 radical (unpaired) electrons. The molecule has 6 amide bonds. The molecule has 22 heteroatoms. The van der Waals surface area contributed by atoms with Gasteiger partial charge in [-0.05, 0) is 90.0 Å².